The Balaban J connectivity index is 1.67. The Labute approximate surface area is 155 Å². The Morgan fingerprint density at radius 3 is 2.89 bits per heavy atom. The predicted molar refractivity (Wildman–Crippen MR) is 105 cm³/mol. The van der Waals surface area contributed by atoms with Crippen LogP contribution in [0.5, 0.6) is 5.75 Å². The average molecular weight is 358 g/mol. The molecule has 7 nitrogen and oxygen atoms in total. The Hall–Kier alpha value is -3.61. The van der Waals surface area contributed by atoms with Gasteiger partial charge in [-0.2, -0.15) is 5.10 Å². The smallest absolute Gasteiger partial charge is 0.164 e. The van der Waals surface area contributed by atoms with Crippen LogP contribution in [0.3, 0.4) is 0 Å². The first kappa shape index (κ1) is 15.6. The second-order valence-corrected chi connectivity index (χ2v) is 6.70. The summed E-state index contributed by atoms with van der Waals surface area (Å²) in [6.45, 7) is 0.747. The molecular weight excluding hydrogens is 340 g/mol. The molecule has 0 saturated heterocycles. The molecule has 1 aliphatic heterocycles. The molecule has 4 N–H and O–H groups in total. The van der Waals surface area contributed by atoms with Crippen molar-refractivity contribution in [2.24, 2.45) is 0 Å². The van der Waals surface area contributed by atoms with Crippen LogP contribution in [0.1, 0.15) is 11.6 Å². The molecule has 0 saturated carbocycles. The van der Waals surface area contributed by atoms with Crippen molar-refractivity contribution in [1.29, 1.82) is 0 Å². The molecule has 2 aromatic carbocycles. The number of aromatic hydroxyl groups is 1. The van der Waals surface area contributed by atoms with Gasteiger partial charge in [0.05, 0.1) is 11.4 Å². The standard InChI is InChI=1S/C20H18N6O/c21-19-17-18(13-5-3-6-15(27)9-13)25-26(20(17)24-11-23-19)14-8-12-4-1-2-7-16(12)22-10-14/h1-7,9,11,14,22,27H,8,10H2,(H2,21,23,24). The third kappa shape index (κ3) is 2.55. The molecule has 7 heteroatoms. The van der Waals surface area contributed by atoms with Gasteiger partial charge in [-0.15, -0.1) is 0 Å². The highest BCUT2D eigenvalue weighted by Gasteiger charge is 2.25. The summed E-state index contributed by atoms with van der Waals surface area (Å²) in [5, 5.41) is 18.9. The monoisotopic (exact) mass is 358 g/mol. The fraction of sp³-hybridized carbons (Fsp3) is 0.150. The van der Waals surface area contributed by atoms with E-state index in [0.717, 1.165) is 24.2 Å². The fourth-order valence-corrected chi connectivity index (χ4v) is 3.70. The lowest BCUT2D eigenvalue weighted by Gasteiger charge is -2.26. The highest BCUT2D eigenvalue weighted by atomic mass is 16.3. The molecule has 1 aliphatic rings. The SMILES string of the molecule is Nc1ncnc2c1c(-c1cccc(O)c1)nn2C1CNc2ccccc2C1. The number of rotatable bonds is 2. The van der Waals surface area contributed by atoms with Crippen molar-refractivity contribution in [3.63, 3.8) is 0 Å². The zero-order valence-corrected chi connectivity index (χ0v) is 14.5. The van der Waals surface area contributed by atoms with E-state index < -0.39 is 0 Å². The van der Waals surface area contributed by atoms with E-state index >= 15 is 0 Å². The molecule has 1 unspecified atom stereocenters. The maximum absolute atomic E-state index is 9.87. The average Bonchev–Trinajstić information content (AvgIpc) is 3.09. The number of nitrogens with two attached hydrogens (primary N) is 1. The minimum absolute atomic E-state index is 0.0998. The number of phenolic OH excluding ortho intramolecular Hbond substituents is 1. The summed E-state index contributed by atoms with van der Waals surface area (Å²) in [5.41, 5.74) is 10.7. The van der Waals surface area contributed by atoms with Crippen molar-refractivity contribution < 1.29 is 5.11 Å². The number of hydrogen-bond donors (Lipinski definition) is 3. The van der Waals surface area contributed by atoms with Crippen LogP contribution in [-0.2, 0) is 6.42 Å². The van der Waals surface area contributed by atoms with Crippen molar-refractivity contribution >= 4 is 22.5 Å². The molecule has 4 aromatic rings. The first-order valence-electron chi connectivity index (χ1n) is 8.80. The van der Waals surface area contributed by atoms with Crippen LogP contribution in [0.25, 0.3) is 22.3 Å². The first-order chi connectivity index (χ1) is 13.2. The molecule has 0 aliphatic carbocycles. The van der Waals surface area contributed by atoms with E-state index in [9.17, 15) is 5.11 Å². The summed E-state index contributed by atoms with van der Waals surface area (Å²) in [7, 11) is 0. The molecule has 0 fully saturated rings. The van der Waals surface area contributed by atoms with E-state index in [2.05, 4.69) is 27.4 Å². The molecule has 3 heterocycles. The van der Waals surface area contributed by atoms with Gasteiger partial charge >= 0.3 is 0 Å². The minimum Gasteiger partial charge on any atom is -0.508 e. The van der Waals surface area contributed by atoms with Crippen LogP contribution < -0.4 is 11.1 Å². The van der Waals surface area contributed by atoms with E-state index in [1.165, 1.54) is 11.9 Å². The number of anilines is 2. The third-order valence-corrected chi connectivity index (χ3v) is 4.98. The minimum atomic E-state index is 0.0998. The molecule has 0 radical (unpaired) electrons. The molecule has 1 atom stereocenters. The maximum Gasteiger partial charge on any atom is 0.164 e. The summed E-state index contributed by atoms with van der Waals surface area (Å²) in [5.74, 6) is 0.563. The summed E-state index contributed by atoms with van der Waals surface area (Å²) >= 11 is 0. The number of nitrogen functional groups attached to an aromatic ring is 1. The van der Waals surface area contributed by atoms with E-state index in [4.69, 9.17) is 10.8 Å². The lowest BCUT2D eigenvalue weighted by Crippen LogP contribution is -2.27. The summed E-state index contributed by atoms with van der Waals surface area (Å²) in [4.78, 5) is 8.61. The van der Waals surface area contributed by atoms with Crippen molar-refractivity contribution in [2.75, 3.05) is 17.6 Å². The molecule has 0 amide bonds. The fourth-order valence-electron chi connectivity index (χ4n) is 3.70. The number of para-hydroxylation sites is 1. The largest absolute Gasteiger partial charge is 0.508 e. The normalized spacial score (nSPS) is 16.1. The van der Waals surface area contributed by atoms with Crippen molar-refractivity contribution in [1.82, 2.24) is 19.7 Å². The van der Waals surface area contributed by atoms with Crippen molar-refractivity contribution in [3.8, 4) is 17.0 Å². The number of benzene rings is 2. The third-order valence-electron chi connectivity index (χ3n) is 4.98. The van der Waals surface area contributed by atoms with Gasteiger partial charge in [0.1, 0.15) is 23.6 Å². The topological polar surface area (TPSA) is 102 Å². The number of phenols is 1. The Kier molecular flexibility index (Phi) is 3.46. The second-order valence-electron chi connectivity index (χ2n) is 6.70. The Bertz CT molecular complexity index is 1150. The van der Waals surface area contributed by atoms with E-state index in [0.29, 0.717) is 22.5 Å². The van der Waals surface area contributed by atoms with E-state index in [1.54, 1.807) is 18.2 Å². The maximum atomic E-state index is 9.87. The molecule has 134 valence electrons. The summed E-state index contributed by atoms with van der Waals surface area (Å²) in [6, 6.07) is 15.4. The number of hydrogen-bond acceptors (Lipinski definition) is 6. The predicted octanol–water partition coefficient (Wildman–Crippen LogP) is 2.99. The molecule has 0 spiro atoms. The zero-order valence-electron chi connectivity index (χ0n) is 14.5. The quantitative estimate of drug-likeness (QED) is 0.509. The van der Waals surface area contributed by atoms with Gasteiger partial charge in [0, 0.05) is 17.8 Å². The van der Waals surface area contributed by atoms with Crippen LogP contribution in [0.15, 0.2) is 54.9 Å². The van der Waals surface area contributed by atoms with Gasteiger partial charge in [-0.1, -0.05) is 30.3 Å². The number of aromatic nitrogens is 4. The van der Waals surface area contributed by atoms with Gasteiger partial charge in [-0.3, -0.25) is 0 Å². The molecule has 27 heavy (non-hydrogen) atoms. The highest BCUT2D eigenvalue weighted by Crippen LogP contribution is 2.35. The zero-order chi connectivity index (χ0) is 18.4. The van der Waals surface area contributed by atoms with Crippen molar-refractivity contribution in [3.05, 3.63) is 60.4 Å². The van der Waals surface area contributed by atoms with Crippen LogP contribution in [0, 0.1) is 0 Å². The molecular formula is C20H18N6O. The van der Waals surface area contributed by atoms with Crippen LogP contribution in [0.2, 0.25) is 0 Å². The first-order valence-corrected chi connectivity index (χ1v) is 8.80. The number of nitrogens with one attached hydrogen (secondary N) is 1. The van der Waals surface area contributed by atoms with Gasteiger partial charge in [0.2, 0.25) is 0 Å². The summed E-state index contributed by atoms with van der Waals surface area (Å²) in [6.07, 6.45) is 2.32. The molecule has 2 aromatic heterocycles. The summed E-state index contributed by atoms with van der Waals surface area (Å²) < 4.78 is 1.93. The second kappa shape index (κ2) is 5.98. The van der Waals surface area contributed by atoms with E-state index in [1.807, 2.05) is 22.9 Å². The van der Waals surface area contributed by atoms with Crippen molar-refractivity contribution in [2.45, 2.75) is 12.5 Å². The van der Waals surface area contributed by atoms with Gasteiger partial charge in [-0.25, -0.2) is 14.6 Å². The van der Waals surface area contributed by atoms with Gasteiger partial charge in [-0.05, 0) is 30.2 Å². The molecule has 0 bridgehead atoms. The van der Waals surface area contributed by atoms with Crippen LogP contribution in [0.4, 0.5) is 11.5 Å². The highest BCUT2D eigenvalue weighted by molar-refractivity contribution is 5.98. The number of fused-ring (bicyclic) bond motifs is 2. The molecule has 5 rings (SSSR count). The van der Waals surface area contributed by atoms with E-state index in [-0.39, 0.29) is 11.8 Å². The van der Waals surface area contributed by atoms with Crippen LogP contribution in [-0.4, -0.2) is 31.4 Å². The Morgan fingerprint density at radius 1 is 1.11 bits per heavy atom. The number of nitrogens with zero attached hydrogens (tertiary/aromatic N) is 4. The van der Waals surface area contributed by atoms with Crippen LogP contribution >= 0.6 is 0 Å². The lowest BCUT2D eigenvalue weighted by atomic mass is 10.00. The van der Waals surface area contributed by atoms with Gasteiger partial charge in [0.15, 0.2) is 5.65 Å². The lowest BCUT2D eigenvalue weighted by molar-refractivity contribution is 0.473. The van der Waals surface area contributed by atoms with Gasteiger partial charge in [0.25, 0.3) is 0 Å². The Morgan fingerprint density at radius 2 is 2.00 bits per heavy atom. The van der Waals surface area contributed by atoms with Gasteiger partial charge < -0.3 is 16.2 Å².